The maximum Gasteiger partial charge on any atom is 0.252 e. The van der Waals surface area contributed by atoms with E-state index in [1.807, 2.05) is 61.7 Å². The number of benzene rings is 1. The predicted molar refractivity (Wildman–Crippen MR) is 119 cm³/mol. The molecule has 4 aromatic rings. The molecule has 0 bridgehead atoms. The van der Waals surface area contributed by atoms with Gasteiger partial charge in [-0.3, -0.25) is 14.6 Å². The maximum absolute atomic E-state index is 12.4. The molecule has 8 heteroatoms. The Morgan fingerprint density at radius 2 is 1.93 bits per heavy atom. The first-order valence-corrected chi connectivity index (χ1v) is 10.5. The Kier molecular flexibility index (Phi) is 5.58. The molecule has 2 N–H and O–H groups in total. The number of amides is 1. The number of nitrogens with zero attached hydrogens (tertiary/aromatic N) is 3. The summed E-state index contributed by atoms with van der Waals surface area (Å²) in [6, 6.07) is 16.6. The third-order valence-electron chi connectivity index (χ3n) is 4.34. The van der Waals surface area contributed by atoms with Gasteiger partial charge in [0, 0.05) is 24.1 Å². The number of anilines is 1. The second-order valence-electron chi connectivity index (χ2n) is 7.27. The quantitative estimate of drug-likeness (QED) is 0.486. The zero-order chi connectivity index (χ0) is 21.1. The van der Waals surface area contributed by atoms with Gasteiger partial charge in [-0.15, -0.1) is 11.3 Å². The Bertz CT molecular complexity index is 1210. The summed E-state index contributed by atoms with van der Waals surface area (Å²) in [4.78, 5) is 33.0. The molecular formula is C22H21N5O2S. The van der Waals surface area contributed by atoms with Crippen LogP contribution in [0.2, 0.25) is 0 Å². The average Bonchev–Trinajstić information content (AvgIpc) is 3.37. The highest BCUT2D eigenvalue weighted by Gasteiger charge is 2.17. The number of hydrogen-bond donors (Lipinski definition) is 2. The van der Waals surface area contributed by atoms with E-state index in [0.29, 0.717) is 23.6 Å². The van der Waals surface area contributed by atoms with Gasteiger partial charge in [-0.25, -0.2) is 4.98 Å². The Morgan fingerprint density at radius 3 is 2.63 bits per heavy atom. The number of nitrogens with one attached hydrogen (secondary N) is 2. The van der Waals surface area contributed by atoms with E-state index in [2.05, 4.69) is 20.4 Å². The van der Waals surface area contributed by atoms with Gasteiger partial charge in [0.15, 0.2) is 0 Å². The summed E-state index contributed by atoms with van der Waals surface area (Å²) in [5.41, 5.74) is 1.74. The van der Waals surface area contributed by atoms with Crippen LogP contribution >= 0.6 is 11.3 Å². The first-order chi connectivity index (χ1) is 14.5. The smallest absolute Gasteiger partial charge is 0.252 e. The topological polar surface area (TPSA) is 92.7 Å². The van der Waals surface area contributed by atoms with Gasteiger partial charge in [0.05, 0.1) is 10.6 Å². The third kappa shape index (κ3) is 4.38. The highest BCUT2D eigenvalue weighted by molar-refractivity contribution is 7.13. The predicted octanol–water partition coefficient (Wildman–Crippen LogP) is 4.34. The Labute approximate surface area is 177 Å². The lowest BCUT2D eigenvalue weighted by Gasteiger charge is -2.10. The molecule has 30 heavy (non-hydrogen) atoms. The fraction of sp³-hybridized carbons (Fsp3) is 0.182. The van der Waals surface area contributed by atoms with Crippen LogP contribution in [-0.4, -0.2) is 25.7 Å². The van der Waals surface area contributed by atoms with Crippen LogP contribution in [0.4, 0.5) is 5.82 Å². The van der Waals surface area contributed by atoms with E-state index < -0.39 is 0 Å². The molecular weight excluding hydrogens is 398 g/mol. The fourth-order valence-corrected chi connectivity index (χ4v) is 3.72. The van der Waals surface area contributed by atoms with E-state index >= 15 is 0 Å². The maximum atomic E-state index is 12.4. The largest absolute Gasteiger partial charge is 0.310 e. The number of carbonyl (C=O) groups excluding carboxylic acids is 1. The molecule has 0 fully saturated rings. The van der Waals surface area contributed by atoms with E-state index in [0.717, 1.165) is 10.4 Å². The lowest BCUT2D eigenvalue weighted by molar-refractivity contribution is -0.116. The minimum Gasteiger partial charge on any atom is -0.310 e. The summed E-state index contributed by atoms with van der Waals surface area (Å²) >= 11 is 1.55. The normalized spacial score (nSPS) is 11.0. The van der Waals surface area contributed by atoms with Gasteiger partial charge >= 0.3 is 0 Å². The van der Waals surface area contributed by atoms with Crippen LogP contribution in [0.15, 0.2) is 64.8 Å². The molecule has 0 saturated heterocycles. The van der Waals surface area contributed by atoms with Crippen molar-refractivity contribution in [3.8, 4) is 27.8 Å². The summed E-state index contributed by atoms with van der Waals surface area (Å²) in [6.45, 7) is 3.96. The van der Waals surface area contributed by atoms with Crippen molar-refractivity contribution in [1.29, 1.82) is 0 Å². The molecule has 0 unspecified atom stereocenters. The van der Waals surface area contributed by atoms with E-state index in [1.54, 1.807) is 17.4 Å². The van der Waals surface area contributed by atoms with Crippen LogP contribution in [0.1, 0.15) is 20.3 Å². The second kappa shape index (κ2) is 8.46. The Hall–Kier alpha value is -3.52. The van der Waals surface area contributed by atoms with Gasteiger partial charge in [-0.2, -0.15) is 9.78 Å². The van der Waals surface area contributed by atoms with E-state index in [4.69, 9.17) is 0 Å². The third-order valence-corrected chi connectivity index (χ3v) is 5.24. The van der Waals surface area contributed by atoms with Crippen molar-refractivity contribution in [2.45, 2.75) is 20.3 Å². The van der Waals surface area contributed by atoms with Crippen LogP contribution in [0.25, 0.3) is 27.8 Å². The summed E-state index contributed by atoms with van der Waals surface area (Å²) < 4.78 is 1.47. The standard InChI is InChI=1S/C22H21N5O2S/c1-14(2)11-20(28)24-19-12-17(18-9-6-10-30-18)26-27(19)22-23-16(13-21(29)25-22)15-7-4-3-5-8-15/h3-10,12-14H,11H2,1-2H3,(H,24,28)(H,23,25,29). The van der Waals surface area contributed by atoms with Crippen molar-refractivity contribution >= 4 is 23.1 Å². The van der Waals surface area contributed by atoms with Crippen LogP contribution in [0.3, 0.4) is 0 Å². The Morgan fingerprint density at radius 1 is 1.13 bits per heavy atom. The molecule has 3 aromatic heterocycles. The molecule has 1 aromatic carbocycles. The molecule has 1 amide bonds. The van der Waals surface area contributed by atoms with Gasteiger partial charge in [-0.1, -0.05) is 50.2 Å². The highest BCUT2D eigenvalue weighted by Crippen LogP contribution is 2.28. The van der Waals surface area contributed by atoms with Gasteiger partial charge in [-0.05, 0) is 17.4 Å². The van der Waals surface area contributed by atoms with E-state index in [-0.39, 0.29) is 23.3 Å². The zero-order valence-corrected chi connectivity index (χ0v) is 17.4. The number of thiophene rings is 1. The number of aromatic amines is 1. The molecule has 0 aliphatic heterocycles. The zero-order valence-electron chi connectivity index (χ0n) is 16.6. The number of carbonyl (C=O) groups is 1. The lowest BCUT2D eigenvalue weighted by atomic mass is 10.1. The first kappa shape index (κ1) is 19.8. The molecule has 0 aliphatic rings. The number of H-pyrrole nitrogens is 1. The number of rotatable bonds is 6. The molecule has 0 atom stereocenters. The molecule has 0 radical (unpaired) electrons. The van der Waals surface area contributed by atoms with Crippen molar-refractivity contribution < 1.29 is 4.79 Å². The minimum atomic E-state index is -0.300. The van der Waals surface area contributed by atoms with Crippen molar-refractivity contribution in [2.75, 3.05) is 5.32 Å². The Balaban J connectivity index is 1.80. The van der Waals surface area contributed by atoms with Crippen molar-refractivity contribution in [2.24, 2.45) is 5.92 Å². The highest BCUT2D eigenvalue weighted by atomic mass is 32.1. The van der Waals surface area contributed by atoms with Crippen molar-refractivity contribution in [1.82, 2.24) is 19.7 Å². The summed E-state index contributed by atoms with van der Waals surface area (Å²) in [7, 11) is 0. The number of aromatic nitrogens is 4. The minimum absolute atomic E-state index is 0.120. The summed E-state index contributed by atoms with van der Waals surface area (Å²) in [5, 5.41) is 9.48. The molecule has 0 spiro atoms. The summed E-state index contributed by atoms with van der Waals surface area (Å²) in [6.07, 6.45) is 0.382. The summed E-state index contributed by atoms with van der Waals surface area (Å²) in [5.74, 6) is 0.796. The molecule has 152 valence electrons. The molecule has 3 heterocycles. The number of hydrogen-bond acceptors (Lipinski definition) is 5. The van der Waals surface area contributed by atoms with Crippen molar-refractivity contribution in [3.63, 3.8) is 0 Å². The monoisotopic (exact) mass is 419 g/mol. The van der Waals surface area contributed by atoms with Crippen LogP contribution in [0, 0.1) is 5.92 Å². The molecule has 0 aliphatic carbocycles. The van der Waals surface area contributed by atoms with Gasteiger partial charge < -0.3 is 5.32 Å². The van der Waals surface area contributed by atoms with E-state index in [9.17, 15) is 9.59 Å². The van der Waals surface area contributed by atoms with Gasteiger partial charge in [0.25, 0.3) is 5.56 Å². The first-order valence-electron chi connectivity index (χ1n) is 9.60. The molecule has 4 rings (SSSR count). The van der Waals surface area contributed by atoms with E-state index in [1.165, 1.54) is 10.7 Å². The molecule has 7 nitrogen and oxygen atoms in total. The van der Waals surface area contributed by atoms with Gasteiger partial charge in [0.1, 0.15) is 11.5 Å². The van der Waals surface area contributed by atoms with Gasteiger partial charge in [0.2, 0.25) is 11.9 Å². The lowest BCUT2D eigenvalue weighted by Crippen LogP contribution is -2.19. The average molecular weight is 420 g/mol. The van der Waals surface area contributed by atoms with Crippen LogP contribution in [0.5, 0.6) is 0 Å². The van der Waals surface area contributed by atoms with Crippen LogP contribution < -0.4 is 10.9 Å². The SMILES string of the molecule is CC(C)CC(=O)Nc1cc(-c2cccs2)nn1-c1nc(-c2ccccc2)cc(=O)[nH]1. The van der Waals surface area contributed by atoms with Crippen LogP contribution in [-0.2, 0) is 4.79 Å². The fourth-order valence-electron chi connectivity index (χ4n) is 3.04. The molecule has 0 saturated carbocycles. The van der Waals surface area contributed by atoms with Crippen molar-refractivity contribution in [3.05, 3.63) is 70.3 Å². The second-order valence-corrected chi connectivity index (χ2v) is 8.22.